The van der Waals surface area contributed by atoms with E-state index >= 15 is 0 Å². The first-order valence-electron chi connectivity index (χ1n) is 9.23. The van der Waals surface area contributed by atoms with Crippen molar-refractivity contribution < 1.29 is 9.02 Å². The van der Waals surface area contributed by atoms with Crippen molar-refractivity contribution in [3.8, 4) is 0 Å². The van der Waals surface area contributed by atoms with Crippen LogP contribution in [0, 0.1) is 5.82 Å². The predicted molar refractivity (Wildman–Crippen MR) is 110 cm³/mol. The highest BCUT2D eigenvalue weighted by Gasteiger charge is 2.21. The number of aliphatic imine (C=N–C) groups is 1. The molecule has 2 aromatic carbocycles. The van der Waals surface area contributed by atoms with Gasteiger partial charge in [0.25, 0.3) is 0 Å². The Morgan fingerprint density at radius 3 is 2.59 bits per heavy atom. The minimum Gasteiger partial charge on any atom is -0.382 e. The molecule has 2 heterocycles. The maximum atomic E-state index is 13.3. The van der Waals surface area contributed by atoms with Crippen LogP contribution in [-0.2, 0) is 6.54 Å². The molecule has 9 heteroatoms. The van der Waals surface area contributed by atoms with Gasteiger partial charge < -0.3 is 10.6 Å². The Morgan fingerprint density at radius 1 is 1.10 bits per heavy atom. The number of rotatable bonds is 5. The summed E-state index contributed by atoms with van der Waals surface area (Å²) in [6.45, 7) is 4.16. The van der Waals surface area contributed by atoms with Crippen LogP contribution in [0.2, 0.25) is 5.02 Å². The number of aromatic nitrogens is 2. The second kappa shape index (κ2) is 8.59. The summed E-state index contributed by atoms with van der Waals surface area (Å²) in [5, 5.41) is 7.87. The summed E-state index contributed by atoms with van der Waals surface area (Å²) in [4.78, 5) is 8.89. The SMILES string of the molecule is NC(=Nc1ccc(F)c(Cl)c1)c1nonc1CN1CCN(c2ccccc2)CC1. The van der Waals surface area contributed by atoms with Gasteiger partial charge in [0.05, 0.1) is 10.7 Å². The van der Waals surface area contributed by atoms with Crippen LogP contribution in [0.3, 0.4) is 0 Å². The molecule has 0 atom stereocenters. The third-order valence-corrected chi connectivity index (χ3v) is 5.11. The molecule has 0 radical (unpaired) electrons. The summed E-state index contributed by atoms with van der Waals surface area (Å²) in [6, 6.07) is 14.5. The van der Waals surface area contributed by atoms with Gasteiger partial charge in [0.2, 0.25) is 0 Å². The van der Waals surface area contributed by atoms with E-state index in [1.165, 1.54) is 23.9 Å². The van der Waals surface area contributed by atoms with Crippen LogP contribution in [0.15, 0.2) is 58.2 Å². The van der Waals surface area contributed by atoms with Gasteiger partial charge in [-0.1, -0.05) is 35.0 Å². The van der Waals surface area contributed by atoms with E-state index < -0.39 is 5.82 Å². The minimum absolute atomic E-state index is 0.0196. The van der Waals surface area contributed by atoms with Gasteiger partial charge in [-0.15, -0.1) is 0 Å². The molecule has 0 amide bonds. The molecule has 29 heavy (non-hydrogen) atoms. The van der Waals surface area contributed by atoms with E-state index in [2.05, 4.69) is 37.2 Å². The highest BCUT2D eigenvalue weighted by Crippen LogP contribution is 2.22. The van der Waals surface area contributed by atoms with Gasteiger partial charge in [-0.3, -0.25) is 4.90 Å². The molecule has 1 saturated heterocycles. The van der Waals surface area contributed by atoms with Crippen LogP contribution in [0.5, 0.6) is 0 Å². The summed E-state index contributed by atoms with van der Waals surface area (Å²) in [5.74, 6) is -0.366. The average Bonchev–Trinajstić information content (AvgIpc) is 3.20. The monoisotopic (exact) mass is 414 g/mol. The lowest BCUT2D eigenvalue weighted by molar-refractivity contribution is 0.237. The van der Waals surface area contributed by atoms with E-state index in [1.54, 1.807) is 0 Å². The Labute approximate surface area is 172 Å². The largest absolute Gasteiger partial charge is 0.382 e. The summed E-state index contributed by atoms with van der Waals surface area (Å²) < 4.78 is 18.2. The third kappa shape index (κ3) is 4.55. The second-order valence-corrected chi connectivity index (χ2v) is 7.16. The van der Waals surface area contributed by atoms with Crippen molar-refractivity contribution in [2.24, 2.45) is 10.7 Å². The minimum atomic E-state index is -0.511. The van der Waals surface area contributed by atoms with Crippen molar-refractivity contribution in [2.45, 2.75) is 6.54 Å². The third-order valence-electron chi connectivity index (χ3n) is 4.82. The maximum Gasteiger partial charge on any atom is 0.174 e. The highest BCUT2D eigenvalue weighted by molar-refractivity contribution is 6.31. The van der Waals surface area contributed by atoms with Gasteiger partial charge in [-0.25, -0.2) is 14.0 Å². The van der Waals surface area contributed by atoms with Crippen LogP contribution in [0.1, 0.15) is 11.4 Å². The molecule has 0 aliphatic carbocycles. The molecule has 0 saturated carbocycles. The molecule has 3 aromatic rings. The summed E-state index contributed by atoms with van der Waals surface area (Å²) in [6.07, 6.45) is 0. The molecule has 0 unspecified atom stereocenters. The Bertz CT molecular complexity index is 1000. The van der Waals surface area contributed by atoms with Gasteiger partial charge >= 0.3 is 0 Å². The zero-order valence-electron chi connectivity index (χ0n) is 15.6. The maximum absolute atomic E-state index is 13.3. The summed E-state index contributed by atoms with van der Waals surface area (Å²) in [5.41, 5.74) is 8.75. The van der Waals surface area contributed by atoms with Crippen molar-refractivity contribution >= 4 is 28.8 Å². The van der Waals surface area contributed by atoms with Crippen molar-refractivity contribution in [3.63, 3.8) is 0 Å². The number of hydrogen-bond donors (Lipinski definition) is 1. The van der Waals surface area contributed by atoms with Crippen molar-refractivity contribution in [3.05, 3.63) is 70.8 Å². The van der Waals surface area contributed by atoms with Crippen LogP contribution >= 0.6 is 11.6 Å². The average molecular weight is 415 g/mol. The number of hydrogen-bond acceptors (Lipinski definition) is 6. The molecule has 1 fully saturated rings. The smallest absolute Gasteiger partial charge is 0.174 e. The number of halogens is 2. The first-order chi connectivity index (χ1) is 14.1. The molecule has 0 spiro atoms. The fraction of sp³-hybridized carbons (Fsp3) is 0.250. The molecule has 0 bridgehead atoms. The first-order valence-corrected chi connectivity index (χ1v) is 9.61. The van der Waals surface area contributed by atoms with Gasteiger partial charge in [-0.05, 0) is 35.5 Å². The van der Waals surface area contributed by atoms with E-state index in [0.717, 1.165) is 26.2 Å². The molecule has 150 valence electrons. The number of para-hydroxylation sites is 1. The lowest BCUT2D eigenvalue weighted by atomic mass is 10.2. The van der Waals surface area contributed by atoms with Crippen LogP contribution in [-0.4, -0.2) is 47.2 Å². The zero-order valence-corrected chi connectivity index (χ0v) is 16.4. The number of nitrogens with zero attached hydrogens (tertiary/aromatic N) is 5. The lowest BCUT2D eigenvalue weighted by Gasteiger charge is -2.35. The normalized spacial score (nSPS) is 15.7. The Hall–Kier alpha value is -2.97. The predicted octanol–water partition coefficient (Wildman–Crippen LogP) is 3.22. The zero-order chi connectivity index (χ0) is 20.2. The Balaban J connectivity index is 1.42. The van der Waals surface area contributed by atoms with E-state index in [1.807, 2.05) is 18.2 Å². The fourth-order valence-corrected chi connectivity index (χ4v) is 3.44. The van der Waals surface area contributed by atoms with Crippen LogP contribution < -0.4 is 10.6 Å². The van der Waals surface area contributed by atoms with Gasteiger partial charge in [-0.2, -0.15) is 0 Å². The summed E-state index contributed by atoms with van der Waals surface area (Å²) >= 11 is 5.80. The number of benzene rings is 2. The van der Waals surface area contributed by atoms with Crippen LogP contribution in [0.25, 0.3) is 0 Å². The molecule has 1 aliphatic heterocycles. The lowest BCUT2D eigenvalue weighted by Crippen LogP contribution is -2.46. The number of nitrogens with two attached hydrogens (primary N) is 1. The topological polar surface area (TPSA) is 83.8 Å². The number of anilines is 1. The van der Waals surface area contributed by atoms with Crippen molar-refractivity contribution in [2.75, 3.05) is 31.1 Å². The molecular weight excluding hydrogens is 395 g/mol. The first kappa shape index (κ1) is 19.4. The molecule has 1 aliphatic rings. The number of amidine groups is 1. The van der Waals surface area contributed by atoms with Crippen LogP contribution in [0.4, 0.5) is 15.8 Å². The van der Waals surface area contributed by atoms with Gasteiger partial charge in [0.1, 0.15) is 11.5 Å². The van der Waals surface area contributed by atoms with E-state index in [9.17, 15) is 4.39 Å². The Kier molecular flexibility index (Phi) is 5.73. The highest BCUT2D eigenvalue weighted by atomic mass is 35.5. The molecule has 2 N–H and O–H groups in total. The summed E-state index contributed by atoms with van der Waals surface area (Å²) in [7, 11) is 0. The molecule has 4 rings (SSSR count). The van der Waals surface area contributed by atoms with Gasteiger partial charge in [0, 0.05) is 38.4 Å². The standard InChI is InChI=1S/C20H20ClFN6O/c21-16-12-14(6-7-17(16)22)24-20(23)19-18(25-29-26-19)13-27-8-10-28(11-9-27)15-4-2-1-3-5-15/h1-7,12H,8-11,13H2,(H2,23,24). The van der Waals surface area contributed by atoms with E-state index in [4.69, 9.17) is 22.0 Å². The van der Waals surface area contributed by atoms with E-state index in [0.29, 0.717) is 23.6 Å². The Morgan fingerprint density at radius 2 is 1.86 bits per heavy atom. The second-order valence-electron chi connectivity index (χ2n) is 6.75. The number of piperazine rings is 1. The quantitative estimate of drug-likeness (QED) is 0.509. The fourth-order valence-electron chi connectivity index (χ4n) is 3.27. The van der Waals surface area contributed by atoms with Crippen molar-refractivity contribution in [1.82, 2.24) is 15.2 Å². The van der Waals surface area contributed by atoms with Gasteiger partial charge in [0.15, 0.2) is 11.5 Å². The molecule has 1 aromatic heterocycles. The van der Waals surface area contributed by atoms with E-state index in [-0.39, 0.29) is 10.9 Å². The van der Waals surface area contributed by atoms with Crippen molar-refractivity contribution in [1.29, 1.82) is 0 Å². The molecule has 7 nitrogen and oxygen atoms in total. The molecular formula is C20H20ClFN6O.